The van der Waals surface area contributed by atoms with Gasteiger partial charge in [0.05, 0.1) is 12.2 Å². The second kappa shape index (κ2) is 7.54. The lowest BCUT2D eigenvalue weighted by molar-refractivity contribution is 0.152. The predicted molar refractivity (Wildman–Crippen MR) is 76.4 cm³/mol. The van der Waals surface area contributed by atoms with E-state index in [9.17, 15) is 0 Å². The Morgan fingerprint density at radius 1 is 1.39 bits per heavy atom. The molecule has 0 aliphatic heterocycles. The first-order valence-corrected chi connectivity index (χ1v) is 7.15. The van der Waals surface area contributed by atoms with E-state index in [2.05, 4.69) is 43.9 Å². The fraction of sp³-hybridized carbons (Fsp3) is 0.786. The average molecular weight is 252 g/mol. The Labute approximate surface area is 111 Å². The zero-order valence-electron chi connectivity index (χ0n) is 12.3. The van der Waals surface area contributed by atoms with E-state index in [4.69, 9.17) is 5.73 Å². The molecular formula is C14H28N4. The van der Waals surface area contributed by atoms with Gasteiger partial charge in [0.2, 0.25) is 0 Å². The van der Waals surface area contributed by atoms with E-state index in [-0.39, 0.29) is 6.04 Å². The van der Waals surface area contributed by atoms with Crippen molar-refractivity contribution in [2.45, 2.75) is 59.2 Å². The molecule has 0 saturated carbocycles. The Morgan fingerprint density at radius 2 is 2.11 bits per heavy atom. The second-order valence-electron chi connectivity index (χ2n) is 4.88. The molecule has 2 unspecified atom stereocenters. The summed E-state index contributed by atoms with van der Waals surface area (Å²) in [5.74, 6) is 0. The lowest BCUT2D eigenvalue weighted by Gasteiger charge is -2.34. The van der Waals surface area contributed by atoms with E-state index < -0.39 is 0 Å². The molecular weight excluding hydrogens is 224 g/mol. The van der Waals surface area contributed by atoms with Crippen LogP contribution in [-0.2, 0) is 6.54 Å². The van der Waals surface area contributed by atoms with E-state index >= 15 is 0 Å². The molecule has 4 heteroatoms. The maximum atomic E-state index is 5.98. The molecule has 0 amide bonds. The summed E-state index contributed by atoms with van der Waals surface area (Å²) >= 11 is 0. The minimum absolute atomic E-state index is 0.288. The van der Waals surface area contributed by atoms with Crippen molar-refractivity contribution in [1.29, 1.82) is 0 Å². The van der Waals surface area contributed by atoms with Gasteiger partial charge in [-0.25, -0.2) is 0 Å². The molecule has 1 aromatic rings. The highest BCUT2D eigenvalue weighted by Crippen LogP contribution is 2.22. The second-order valence-corrected chi connectivity index (χ2v) is 4.88. The number of nitrogens with two attached hydrogens (primary N) is 1. The number of aryl methyl sites for hydroxylation is 1. The summed E-state index contributed by atoms with van der Waals surface area (Å²) in [7, 11) is 0. The van der Waals surface area contributed by atoms with Crippen molar-refractivity contribution in [3.63, 3.8) is 0 Å². The third-order valence-corrected chi connectivity index (χ3v) is 3.64. The Morgan fingerprint density at radius 3 is 2.61 bits per heavy atom. The van der Waals surface area contributed by atoms with Crippen LogP contribution in [0.1, 0.15) is 52.1 Å². The molecule has 0 aliphatic carbocycles. The van der Waals surface area contributed by atoms with Gasteiger partial charge in [0.25, 0.3) is 0 Å². The summed E-state index contributed by atoms with van der Waals surface area (Å²) in [5.41, 5.74) is 7.22. The van der Waals surface area contributed by atoms with Crippen LogP contribution in [0.2, 0.25) is 0 Å². The number of rotatable bonds is 8. The van der Waals surface area contributed by atoms with Crippen LogP contribution in [-0.4, -0.2) is 33.8 Å². The number of aromatic nitrogens is 2. The molecule has 104 valence electrons. The molecule has 0 aliphatic rings. The highest BCUT2D eigenvalue weighted by Gasteiger charge is 2.22. The summed E-state index contributed by atoms with van der Waals surface area (Å²) in [6.45, 7) is 11.5. The maximum absolute atomic E-state index is 5.98. The van der Waals surface area contributed by atoms with E-state index in [1.54, 1.807) is 0 Å². The van der Waals surface area contributed by atoms with Crippen LogP contribution < -0.4 is 5.73 Å². The fourth-order valence-electron chi connectivity index (χ4n) is 2.44. The number of nitrogens with zero attached hydrogens (tertiary/aromatic N) is 3. The van der Waals surface area contributed by atoms with Gasteiger partial charge < -0.3 is 5.73 Å². The summed E-state index contributed by atoms with van der Waals surface area (Å²) in [4.78, 5) is 2.47. The average Bonchev–Trinajstić information content (AvgIpc) is 2.83. The van der Waals surface area contributed by atoms with Crippen LogP contribution in [0, 0.1) is 0 Å². The van der Waals surface area contributed by atoms with Crippen LogP contribution in [0.25, 0.3) is 0 Å². The van der Waals surface area contributed by atoms with Crippen molar-refractivity contribution in [2.75, 3.05) is 13.1 Å². The van der Waals surface area contributed by atoms with Gasteiger partial charge >= 0.3 is 0 Å². The first kappa shape index (κ1) is 15.2. The molecule has 2 N–H and O–H groups in total. The molecule has 0 spiro atoms. The monoisotopic (exact) mass is 252 g/mol. The Hall–Kier alpha value is -0.870. The van der Waals surface area contributed by atoms with Crippen LogP contribution in [0.4, 0.5) is 0 Å². The molecule has 1 aromatic heterocycles. The highest BCUT2D eigenvalue weighted by atomic mass is 15.3. The molecule has 0 saturated heterocycles. The molecule has 1 rings (SSSR count). The van der Waals surface area contributed by atoms with E-state index in [0.717, 1.165) is 25.9 Å². The van der Waals surface area contributed by atoms with Crippen LogP contribution in [0.15, 0.2) is 12.4 Å². The summed E-state index contributed by atoms with van der Waals surface area (Å²) < 4.78 is 2.02. The summed E-state index contributed by atoms with van der Waals surface area (Å²) in [6.07, 6.45) is 6.37. The molecule has 0 radical (unpaired) electrons. The first-order valence-electron chi connectivity index (χ1n) is 7.15. The SMILES string of the molecule is CCCn1cc(C(CN)N(CC)C(C)CC)cn1. The van der Waals surface area contributed by atoms with Gasteiger partial charge in [0.1, 0.15) is 0 Å². The molecule has 0 fully saturated rings. The zero-order chi connectivity index (χ0) is 13.5. The number of hydrogen-bond acceptors (Lipinski definition) is 3. The number of hydrogen-bond donors (Lipinski definition) is 1. The first-order chi connectivity index (χ1) is 8.67. The van der Waals surface area contributed by atoms with Crippen LogP contribution in [0.3, 0.4) is 0 Å². The third-order valence-electron chi connectivity index (χ3n) is 3.64. The Kier molecular flexibility index (Phi) is 6.36. The lowest BCUT2D eigenvalue weighted by atomic mass is 10.1. The number of likely N-dealkylation sites (N-methyl/N-ethyl adjacent to an activating group) is 1. The van der Waals surface area contributed by atoms with Gasteiger partial charge in [-0.2, -0.15) is 5.10 Å². The minimum Gasteiger partial charge on any atom is -0.329 e. The lowest BCUT2D eigenvalue weighted by Crippen LogP contribution is -2.39. The topological polar surface area (TPSA) is 47.1 Å². The van der Waals surface area contributed by atoms with Crippen molar-refractivity contribution in [3.8, 4) is 0 Å². The van der Waals surface area contributed by atoms with Crippen LogP contribution >= 0.6 is 0 Å². The van der Waals surface area contributed by atoms with Crippen molar-refractivity contribution in [2.24, 2.45) is 5.73 Å². The molecule has 2 atom stereocenters. The molecule has 0 bridgehead atoms. The van der Waals surface area contributed by atoms with Crippen molar-refractivity contribution in [3.05, 3.63) is 18.0 Å². The zero-order valence-corrected chi connectivity index (χ0v) is 12.3. The van der Waals surface area contributed by atoms with Crippen molar-refractivity contribution in [1.82, 2.24) is 14.7 Å². The van der Waals surface area contributed by atoms with Crippen LogP contribution in [0.5, 0.6) is 0 Å². The van der Waals surface area contributed by atoms with E-state index in [1.165, 1.54) is 5.56 Å². The van der Waals surface area contributed by atoms with Gasteiger partial charge in [-0.1, -0.05) is 20.8 Å². The molecule has 0 aromatic carbocycles. The van der Waals surface area contributed by atoms with E-state index in [1.807, 2.05) is 10.9 Å². The standard InChI is InChI=1S/C14H28N4/c1-5-8-17-11-13(10-16-17)14(9-15)18(7-3)12(4)6-2/h10-12,14H,5-9,15H2,1-4H3. The highest BCUT2D eigenvalue weighted by molar-refractivity contribution is 5.11. The largest absolute Gasteiger partial charge is 0.329 e. The predicted octanol–water partition coefficient (Wildman–Crippen LogP) is 2.41. The normalized spacial score (nSPS) is 15.0. The fourth-order valence-corrected chi connectivity index (χ4v) is 2.44. The van der Waals surface area contributed by atoms with E-state index in [0.29, 0.717) is 12.6 Å². The Balaban J connectivity index is 2.85. The third kappa shape index (κ3) is 3.56. The molecule has 4 nitrogen and oxygen atoms in total. The minimum atomic E-state index is 0.288. The summed E-state index contributed by atoms with van der Waals surface area (Å²) in [5, 5.41) is 4.41. The smallest absolute Gasteiger partial charge is 0.0538 e. The maximum Gasteiger partial charge on any atom is 0.0538 e. The van der Waals surface area contributed by atoms with Crippen molar-refractivity contribution < 1.29 is 0 Å². The van der Waals surface area contributed by atoms with Gasteiger partial charge in [0, 0.05) is 30.9 Å². The van der Waals surface area contributed by atoms with Gasteiger partial charge in [-0.3, -0.25) is 9.58 Å². The van der Waals surface area contributed by atoms with Gasteiger partial charge in [-0.05, 0) is 26.3 Å². The summed E-state index contributed by atoms with van der Waals surface area (Å²) in [6, 6.07) is 0.841. The van der Waals surface area contributed by atoms with Gasteiger partial charge in [0.15, 0.2) is 0 Å². The van der Waals surface area contributed by atoms with Gasteiger partial charge in [-0.15, -0.1) is 0 Å². The molecule has 18 heavy (non-hydrogen) atoms. The quantitative estimate of drug-likeness (QED) is 0.773. The Bertz CT molecular complexity index is 334. The van der Waals surface area contributed by atoms with Crippen molar-refractivity contribution >= 4 is 0 Å². The molecule has 1 heterocycles.